The fourth-order valence-corrected chi connectivity index (χ4v) is 3.31. The molecule has 23 heavy (non-hydrogen) atoms. The van der Waals surface area contributed by atoms with E-state index in [1.54, 1.807) is 6.92 Å². The minimum Gasteiger partial charge on any atom is -0.325 e. The Morgan fingerprint density at radius 1 is 1.35 bits per heavy atom. The Labute approximate surface area is 148 Å². The lowest BCUT2D eigenvalue weighted by Gasteiger charge is -2.13. The lowest BCUT2D eigenvalue weighted by Crippen LogP contribution is -2.22. The summed E-state index contributed by atoms with van der Waals surface area (Å²) in [6, 6.07) is 11.4. The highest BCUT2D eigenvalue weighted by molar-refractivity contribution is 9.10. The van der Waals surface area contributed by atoms with E-state index in [0.29, 0.717) is 10.6 Å². The van der Waals surface area contributed by atoms with Crippen molar-refractivity contribution in [2.45, 2.75) is 31.0 Å². The quantitative estimate of drug-likeness (QED) is 0.784. The highest BCUT2D eigenvalue weighted by Crippen LogP contribution is 2.28. The van der Waals surface area contributed by atoms with E-state index in [2.05, 4.69) is 32.3 Å². The summed E-state index contributed by atoms with van der Waals surface area (Å²) >= 11 is 4.66. The number of anilines is 1. The van der Waals surface area contributed by atoms with Crippen LogP contribution < -0.4 is 5.32 Å². The zero-order valence-corrected chi connectivity index (χ0v) is 15.5. The Bertz CT molecular complexity index is 769. The summed E-state index contributed by atoms with van der Waals surface area (Å²) in [4.78, 5) is 16.7. The predicted octanol–water partition coefficient (Wildman–Crippen LogP) is 4.45. The molecule has 1 atom stereocenters. The lowest BCUT2D eigenvalue weighted by molar-refractivity contribution is -0.115. The molecule has 0 aliphatic carbocycles. The van der Waals surface area contributed by atoms with E-state index in [4.69, 9.17) is 0 Å². The van der Waals surface area contributed by atoms with Crippen LogP contribution in [0.15, 0.2) is 39.8 Å². The van der Waals surface area contributed by atoms with Crippen LogP contribution in [0.5, 0.6) is 0 Å². The van der Waals surface area contributed by atoms with Gasteiger partial charge >= 0.3 is 0 Å². The van der Waals surface area contributed by atoms with E-state index in [0.717, 1.165) is 21.4 Å². The third kappa shape index (κ3) is 4.57. The van der Waals surface area contributed by atoms with Crippen LogP contribution in [0.25, 0.3) is 0 Å². The first-order valence-corrected chi connectivity index (χ1v) is 8.69. The molecule has 1 amide bonds. The van der Waals surface area contributed by atoms with Gasteiger partial charge in [-0.2, -0.15) is 5.26 Å². The van der Waals surface area contributed by atoms with Crippen molar-refractivity contribution in [3.05, 3.63) is 51.6 Å². The van der Waals surface area contributed by atoms with Crippen molar-refractivity contribution in [2.75, 3.05) is 5.32 Å². The normalized spacial score (nSPS) is 11.6. The number of hydrogen-bond donors (Lipinski definition) is 1. The molecule has 0 spiro atoms. The van der Waals surface area contributed by atoms with Gasteiger partial charge in [-0.3, -0.25) is 4.79 Å². The summed E-state index contributed by atoms with van der Waals surface area (Å²) < 4.78 is 0.955. The molecular formula is C17H16BrN3OS. The van der Waals surface area contributed by atoms with Crippen molar-refractivity contribution >= 4 is 39.3 Å². The monoisotopic (exact) mass is 389 g/mol. The maximum Gasteiger partial charge on any atom is 0.237 e. The SMILES string of the molecule is Cc1cc(C)c(C#N)c(SC(C)C(=O)Nc2ccc(Br)cc2)n1. The van der Waals surface area contributed by atoms with E-state index in [1.807, 2.05) is 44.2 Å². The summed E-state index contributed by atoms with van der Waals surface area (Å²) in [5.41, 5.74) is 2.98. The molecule has 1 unspecified atom stereocenters. The second kappa shape index (κ2) is 7.62. The van der Waals surface area contributed by atoms with Crippen LogP contribution in [-0.4, -0.2) is 16.1 Å². The molecule has 0 bridgehead atoms. The van der Waals surface area contributed by atoms with Gasteiger partial charge in [0, 0.05) is 15.9 Å². The number of nitrogens with zero attached hydrogens (tertiary/aromatic N) is 2. The number of amides is 1. The number of carbonyl (C=O) groups excluding carboxylic acids is 1. The molecular weight excluding hydrogens is 374 g/mol. The predicted molar refractivity (Wildman–Crippen MR) is 96.5 cm³/mol. The van der Waals surface area contributed by atoms with Crippen LogP contribution in [-0.2, 0) is 4.79 Å². The highest BCUT2D eigenvalue weighted by Gasteiger charge is 2.18. The number of pyridine rings is 1. The van der Waals surface area contributed by atoms with Gasteiger partial charge in [0.1, 0.15) is 11.1 Å². The molecule has 4 nitrogen and oxygen atoms in total. The molecule has 0 saturated heterocycles. The molecule has 0 aliphatic rings. The molecule has 2 rings (SSSR count). The highest BCUT2D eigenvalue weighted by atomic mass is 79.9. The molecule has 1 aromatic carbocycles. The van der Waals surface area contributed by atoms with Crippen LogP contribution in [0.1, 0.15) is 23.7 Å². The number of halogens is 1. The Morgan fingerprint density at radius 2 is 2.00 bits per heavy atom. The zero-order chi connectivity index (χ0) is 17.0. The number of rotatable bonds is 4. The first-order valence-electron chi connectivity index (χ1n) is 7.02. The molecule has 118 valence electrons. The summed E-state index contributed by atoms with van der Waals surface area (Å²) in [5, 5.41) is 12.4. The molecule has 1 aromatic heterocycles. The maximum atomic E-state index is 12.3. The standard InChI is InChI=1S/C17H16BrN3OS/c1-10-8-11(2)20-17(15(10)9-19)23-12(3)16(22)21-14-6-4-13(18)5-7-14/h4-8,12H,1-3H3,(H,21,22). The van der Waals surface area contributed by atoms with Crippen molar-refractivity contribution in [3.63, 3.8) is 0 Å². The van der Waals surface area contributed by atoms with Crippen LogP contribution in [0.2, 0.25) is 0 Å². The molecule has 1 heterocycles. The Balaban J connectivity index is 2.12. The second-order valence-corrected chi connectivity index (χ2v) is 7.37. The zero-order valence-electron chi connectivity index (χ0n) is 13.1. The lowest BCUT2D eigenvalue weighted by atomic mass is 10.1. The molecule has 6 heteroatoms. The second-order valence-electron chi connectivity index (χ2n) is 5.13. The Hall–Kier alpha value is -1.84. The average Bonchev–Trinajstić information content (AvgIpc) is 2.49. The topological polar surface area (TPSA) is 65.8 Å². The summed E-state index contributed by atoms with van der Waals surface area (Å²) in [5.74, 6) is -0.123. The average molecular weight is 390 g/mol. The molecule has 0 radical (unpaired) electrons. The Morgan fingerprint density at radius 3 is 2.61 bits per heavy atom. The summed E-state index contributed by atoms with van der Waals surface area (Å²) in [6.45, 7) is 5.56. The van der Waals surface area contributed by atoms with Gasteiger partial charge in [0.2, 0.25) is 5.91 Å². The van der Waals surface area contributed by atoms with E-state index < -0.39 is 0 Å². The first kappa shape index (κ1) is 17.5. The number of nitriles is 1. The summed E-state index contributed by atoms with van der Waals surface area (Å²) in [6.07, 6.45) is 0. The van der Waals surface area contributed by atoms with E-state index in [9.17, 15) is 10.1 Å². The largest absolute Gasteiger partial charge is 0.325 e. The van der Waals surface area contributed by atoms with Crippen LogP contribution in [0.3, 0.4) is 0 Å². The minimum atomic E-state index is -0.362. The van der Waals surface area contributed by atoms with Gasteiger partial charge < -0.3 is 5.32 Å². The van der Waals surface area contributed by atoms with E-state index >= 15 is 0 Å². The van der Waals surface area contributed by atoms with Crippen LogP contribution in [0.4, 0.5) is 5.69 Å². The third-order valence-electron chi connectivity index (χ3n) is 3.19. The number of carbonyl (C=O) groups is 1. The van der Waals surface area contributed by atoms with E-state index in [1.165, 1.54) is 11.8 Å². The van der Waals surface area contributed by atoms with E-state index in [-0.39, 0.29) is 11.2 Å². The fourth-order valence-electron chi connectivity index (χ4n) is 2.02. The van der Waals surface area contributed by atoms with Gasteiger partial charge in [-0.25, -0.2) is 4.98 Å². The number of hydrogen-bond acceptors (Lipinski definition) is 4. The minimum absolute atomic E-state index is 0.123. The van der Waals surface area contributed by atoms with Gasteiger partial charge in [-0.15, -0.1) is 0 Å². The fraction of sp³-hybridized carbons (Fsp3) is 0.235. The van der Waals surface area contributed by atoms with Crippen molar-refractivity contribution in [1.82, 2.24) is 4.98 Å². The third-order valence-corrected chi connectivity index (χ3v) is 4.81. The molecule has 1 N–H and O–H groups in total. The molecule has 0 aliphatic heterocycles. The van der Waals surface area contributed by atoms with Crippen LogP contribution >= 0.6 is 27.7 Å². The smallest absolute Gasteiger partial charge is 0.237 e. The van der Waals surface area contributed by atoms with Crippen molar-refractivity contribution in [3.8, 4) is 6.07 Å². The number of benzene rings is 1. The number of nitrogens with one attached hydrogen (secondary N) is 1. The van der Waals surface area contributed by atoms with Crippen LogP contribution in [0, 0.1) is 25.2 Å². The molecule has 0 saturated carbocycles. The molecule has 2 aromatic rings. The van der Waals surface area contributed by atoms with Gasteiger partial charge in [0.15, 0.2) is 0 Å². The van der Waals surface area contributed by atoms with Gasteiger partial charge in [0.05, 0.1) is 10.8 Å². The number of thioether (sulfide) groups is 1. The van der Waals surface area contributed by atoms with Crippen molar-refractivity contribution in [1.29, 1.82) is 5.26 Å². The van der Waals surface area contributed by atoms with Crippen molar-refractivity contribution < 1.29 is 4.79 Å². The number of aryl methyl sites for hydroxylation is 2. The summed E-state index contributed by atoms with van der Waals surface area (Å²) in [7, 11) is 0. The Kier molecular flexibility index (Phi) is 5.80. The van der Waals surface area contributed by atoms with Gasteiger partial charge in [-0.05, 0) is 56.7 Å². The van der Waals surface area contributed by atoms with Gasteiger partial charge in [-0.1, -0.05) is 27.7 Å². The molecule has 0 fully saturated rings. The van der Waals surface area contributed by atoms with Gasteiger partial charge in [0.25, 0.3) is 0 Å². The maximum absolute atomic E-state index is 12.3. The first-order chi connectivity index (χ1) is 10.9. The number of aromatic nitrogens is 1. The van der Waals surface area contributed by atoms with Crippen molar-refractivity contribution in [2.24, 2.45) is 0 Å².